The molecule has 0 atom stereocenters. The molecule has 4 nitrogen and oxygen atoms in total. The van der Waals surface area contributed by atoms with Crippen LogP contribution in [-0.2, 0) is 13.6 Å². The van der Waals surface area contributed by atoms with E-state index in [9.17, 15) is 4.57 Å². The maximum Gasteiger partial charge on any atom is 0.355 e. The lowest BCUT2D eigenvalue weighted by molar-refractivity contribution is 0.228. The average Bonchev–Trinajstić information content (AvgIpc) is 2.25. The second kappa shape index (κ2) is 8.78. The molecule has 0 heterocycles. The van der Waals surface area contributed by atoms with Crippen LogP contribution in [0.25, 0.3) is 0 Å². The number of alkyl halides is 1. The Morgan fingerprint density at radius 3 is 2.38 bits per heavy atom. The molecule has 0 aliphatic carbocycles. The first-order chi connectivity index (χ1) is 7.61. The average molecular weight is 266 g/mol. The number of nitrogens with zero attached hydrogens (tertiary/aromatic N) is 1. The van der Waals surface area contributed by atoms with E-state index in [1.54, 1.807) is 13.8 Å². The molecular formula is C10H17ClNO3P. The quantitative estimate of drug-likeness (QED) is 0.382. The second-order valence-corrected chi connectivity index (χ2v) is 5.17. The van der Waals surface area contributed by atoms with Crippen molar-refractivity contribution in [2.45, 2.75) is 26.7 Å². The number of hydrogen-bond donors (Lipinski definition) is 0. The van der Waals surface area contributed by atoms with Gasteiger partial charge >= 0.3 is 7.60 Å². The minimum absolute atomic E-state index is 0.280. The van der Waals surface area contributed by atoms with E-state index < -0.39 is 7.60 Å². The largest absolute Gasteiger partial charge is 0.355 e. The summed E-state index contributed by atoms with van der Waals surface area (Å²) in [6, 6.07) is 1.98. The summed E-state index contributed by atoms with van der Waals surface area (Å²) in [6.07, 6.45) is 1.16. The van der Waals surface area contributed by atoms with E-state index in [0.717, 1.165) is 0 Å². The highest BCUT2D eigenvalue weighted by molar-refractivity contribution is 7.57. The Bertz CT molecular complexity index is 302. The van der Waals surface area contributed by atoms with Gasteiger partial charge in [-0.25, -0.2) is 0 Å². The summed E-state index contributed by atoms with van der Waals surface area (Å²) < 4.78 is 22.2. The lowest BCUT2D eigenvalue weighted by Gasteiger charge is -2.13. The van der Waals surface area contributed by atoms with Crippen LogP contribution in [0, 0.1) is 11.3 Å². The summed E-state index contributed by atoms with van der Waals surface area (Å²) in [6.45, 7) is 4.01. The van der Waals surface area contributed by atoms with Crippen molar-refractivity contribution in [3.63, 3.8) is 0 Å². The first kappa shape index (κ1) is 15.7. The summed E-state index contributed by atoms with van der Waals surface area (Å²) in [7, 11) is -3.26. The van der Waals surface area contributed by atoms with Gasteiger partial charge in [-0.15, -0.1) is 11.6 Å². The van der Waals surface area contributed by atoms with Crippen LogP contribution in [-0.4, -0.2) is 19.1 Å². The fraction of sp³-hybridized carbons (Fsp3) is 0.700. The van der Waals surface area contributed by atoms with E-state index in [-0.39, 0.29) is 13.2 Å². The summed E-state index contributed by atoms with van der Waals surface area (Å²) in [5, 5.41) is 8.86. The Balaban J connectivity index is 4.72. The van der Waals surface area contributed by atoms with E-state index in [4.69, 9.17) is 25.9 Å². The van der Waals surface area contributed by atoms with Gasteiger partial charge in [-0.3, -0.25) is 4.57 Å². The molecule has 0 bridgehead atoms. The van der Waals surface area contributed by atoms with Gasteiger partial charge in [-0.1, -0.05) is 0 Å². The van der Waals surface area contributed by atoms with Crippen LogP contribution < -0.4 is 0 Å². The smallest absolute Gasteiger partial charge is 0.306 e. The molecular weight excluding hydrogens is 249 g/mol. The van der Waals surface area contributed by atoms with Gasteiger partial charge in [-0.2, -0.15) is 5.26 Å². The Morgan fingerprint density at radius 1 is 1.44 bits per heavy atom. The highest BCUT2D eigenvalue weighted by Crippen LogP contribution is 2.50. The summed E-state index contributed by atoms with van der Waals surface area (Å²) in [4.78, 5) is 0. The summed E-state index contributed by atoms with van der Waals surface area (Å²) in [5.74, 6) is 1.76. The fourth-order valence-corrected chi connectivity index (χ4v) is 2.71. The molecule has 0 aliphatic heterocycles. The Morgan fingerprint density at radius 2 is 2.00 bits per heavy atom. The highest BCUT2D eigenvalue weighted by Gasteiger charge is 2.21. The van der Waals surface area contributed by atoms with E-state index >= 15 is 0 Å². The summed E-state index contributed by atoms with van der Waals surface area (Å²) in [5.41, 5.74) is 0.394. The molecule has 0 fully saturated rings. The van der Waals surface area contributed by atoms with Crippen LogP contribution in [0.2, 0.25) is 0 Å². The van der Waals surface area contributed by atoms with E-state index in [1.165, 1.54) is 5.82 Å². The predicted molar refractivity (Wildman–Crippen MR) is 64.5 cm³/mol. The van der Waals surface area contributed by atoms with Crippen molar-refractivity contribution in [1.29, 1.82) is 5.26 Å². The molecule has 0 rings (SSSR count). The van der Waals surface area contributed by atoms with Crippen molar-refractivity contribution in [2.75, 3.05) is 19.1 Å². The molecule has 0 aromatic carbocycles. The van der Waals surface area contributed by atoms with E-state index in [2.05, 4.69) is 0 Å². The first-order valence-electron chi connectivity index (χ1n) is 5.18. The molecule has 0 radical (unpaired) electrons. The predicted octanol–water partition coefficient (Wildman–Crippen LogP) is 3.68. The zero-order valence-electron chi connectivity index (χ0n) is 9.61. The maximum atomic E-state index is 12.0. The third-order valence-electron chi connectivity index (χ3n) is 1.66. The monoisotopic (exact) mass is 265 g/mol. The molecule has 0 unspecified atom stereocenters. The zero-order chi connectivity index (χ0) is 12.4. The minimum atomic E-state index is -3.26. The van der Waals surface area contributed by atoms with Crippen LogP contribution in [0.15, 0.2) is 11.4 Å². The van der Waals surface area contributed by atoms with Crippen LogP contribution in [0.3, 0.4) is 0 Å². The zero-order valence-corrected chi connectivity index (χ0v) is 11.3. The normalized spacial score (nSPS) is 12.5. The third kappa shape index (κ3) is 6.30. The SMILES string of the molecule is CCOP(=O)(C=C(C#N)CCCCl)OCC. The number of rotatable bonds is 8. The molecule has 0 saturated heterocycles. The van der Waals surface area contributed by atoms with Gasteiger partial charge in [0.2, 0.25) is 0 Å². The Labute approximate surface area is 102 Å². The molecule has 0 aromatic rings. The number of allylic oxidation sites excluding steroid dienone is 1. The van der Waals surface area contributed by atoms with Crippen molar-refractivity contribution in [3.8, 4) is 6.07 Å². The van der Waals surface area contributed by atoms with Crippen molar-refractivity contribution >= 4 is 19.2 Å². The molecule has 0 aromatic heterocycles. The van der Waals surface area contributed by atoms with Gasteiger partial charge in [0.1, 0.15) is 0 Å². The molecule has 6 heteroatoms. The molecule has 92 valence electrons. The van der Waals surface area contributed by atoms with E-state index in [0.29, 0.717) is 24.3 Å². The van der Waals surface area contributed by atoms with Crippen LogP contribution in [0.5, 0.6) is 0 Å². The van der Waals surface area contributed by atoms with Crippen molar-refractivity contribution in [1.82, 2.24) is 0 Å². The van der Waals surface area contributed by atoms with Crippen LogP contribution >= 0.6 is 19.2 Å². The summed E-state index contributed by atoms with van der Waals surface area (Å²) >= 11 is 5.53. The van der Waals surface area contributed by atoms with Crippen molar-refractivity contribution in [3.05, 3.63) is 11.4 Å². The third-order valence-corrected chi connectivity index (χ3v) is 3.79. The number of halogens is 1. The van der Waals surface area contributed by atoms with E-state index in [1.807, 2.05) is 6.07 Å². The van der Waals surface area contributed by atoms with Gasteiger partial charge in [0.15, 0.2) is 0 Å². The molecule has 16 heavy (non-hydrogen) atoms. The Hall–Kier alpha value is -0.330. The van der Waals surface area contributed by atoms with Gasteiger partial charge in [0.25, 0.3) is 0 Å². The first-order valence-corrected chi connectivity index (χ1v) is 7.33. The van der Waals surface area contributed by atoms with Crippen LogP contribution in [0.4, 0.5) is 0 Å². The molecule has 0 N–H and O–H groups in total. The molecule has 0 saturated carbocycles. The minimum Gasteiger partial charge on any atom is -0.306 e. The lowest BCUT2D eigenvalue weighted by atomic mass is 10.2. The molecule has 0 spiro atoms. The second-order valence-electron chi connectivity index (χ2n) is 2.93. The highest BCUT2D eigenvalue weighted by atomic mass is 35.5. The Kier molecular flexibility index (Phi) is 8.60. The molecule has 0 amide bonds. The number of nitriles is 1. The molecule has 0 aliphatic rings. The van der Waals surface area contributed by atoms with Crippen LogP contribution in [0.1, 0.15) is 26.7 Å². The standard InChI is InChI=1S/C10H17ClNO3P/c1-3-14-16(13,15-4-2)9-10(8-12)6-5-7-11/h9H,3-7H2,1-2H3. The van der Waals surface area contributed by atoms with Gasteiger partial charge in [-0.05, 0) is 26.7 Å². The lowest BCUT2D eigenvalue weighted by Crippen LogP contribution is -1.94. The van der Waals surface area contributed by atoms with Gasteiger partial charge in [0.05, 0.1) is 19.3 Å². The maximum absolute atomic E-state index is 12.0. The topological polar surface area (TPSA) is 59.3 Å². The van der Waals surface area contributed by atoms with Crippen molar-refractivity contribution in [2.24, 2.45) is 0 Å². The number of hydrogen-bond acceptors (Lipinski definition) is 4. The van der Waals surface area contributed by atoms with Crippen molar-refractivity contribution < 1.29 is 13.6 Å². The van der Waals surface area contributed by atoms with Gasteiger partial charge < -0.3 is 9.05 Å². The van der Waals surface area contributed by atoms with Gasteiger partial charge in [0, 0.05) is 17.3 Å². The fourth-order valence-electron chi connectivity index (χ4n) is 1.07.